The molecule has 1 amide bonds. The standard InChI is InChI=1S/C22H20N2O4S/c1-15-3-2-4-19(13-15)28-18-8-6-17(7-9-18)24-29(26,27)20-10-11-21-16(14-20)5-12-22(25)23-21/h2-4,6-11,13-14,24H,5,12H2,1H3,(H,23,25). The average molecular weight is 408 g/mol. The fraction of sp³-hybridized carbons (Fsp3) is 0.136. The lowest BCUT2D eigenvalue weighted by Gasteiger charge is -2.18. The topological polar surface area (TPSA) is 84.5 Å². The number of sulfonamides is 1. The molecular formula is C22H20N2O4S. The summed E-state index contributed by atoms with van der Waals surface area (Å²) in [5.74, 6) is 1.28. The normalized spacial score (nSPS) is 13.3. The van der Waals surface area contributed by atoms with E-state index >= 15 is 0 Å². The quantitative estimate of drug-likeness (QED) is 0.652. The molecule has 0 saturated heterocycles. The highest BCUT2D eigenvalue weighted by atomic mass is 32.2. The van der Waals surface area contributed by atoms with Crippen LogP contribution < -0.4 is 14.8 Å². The minimum atomic E-state index is -3.74. The predicted octanol–water partition coefficient (Wildman–Crippen LogP) is 4.47. The summed E-state index contributed by atoms with van der Waals surface area (Å²) in [6, 6.07) is 19.1. The van der Waals surface area contributed by atoms with Gasteiger partial charge in [-0.05, 0) is 79.1 Å². The first kappa shape index (κ1) is 19.0. The van der Waals surface area contributed by atoms with Gasteiger partial charge in [0.2, 0.25) is 5.91 Å². The van der Waals surface area contributed by atoms with Crippen molar-refractivity contribution in [3.05, 3.63) is 77.9 Å². The van der Waals surface area contributed by atoms with Gasteiger partial charge >= 0.3 is 0 Å². The van der Waals surface area contributed by atoms with Crippen molar-refractivity contribution < 1.29 is 17.9 Å². The molecule has 3 aromatic carbocycles. The Morgan fingerprint density at radius 3 is 2.48 bits per heavy atom. The second kappa shape index (κ2) is 7.60. The van der Waals surface area contributed by atoms with E-state index in [-0.39, 0.29) is 10.8 Å². The van der Waals surface area contributed by atoms with Crippen LogP contribution in [0.5, 0.6) is 11.5 Å². The molecule has 0 saturated carbocycles. The zero-order valence-corrected chi connectivity index (χ0v) is 16.6. The van der Waals surface area contributed by atoms with Gasteiger partial charge in [0.1, 0.15) is 11.5 Å². The Balaban J connectivity index is 1.49. The highest BCUT2D eigenvalue weighted by Crippen LogP contribution is 2.28. The van der Waals surface area contributed by atoms with Crippen molar-refractivity contribution in [2.75, 3.05) is 10.0 Å². The van der Waals surface area contributed by atoms with Crippen LogP contribution in [0.25, 0.3) is 0 Å². The van der Waals surface area contributed by atoms with Gasteiger partial charge in [0, 0.05) is 17.8 Å². The van der Waals surface area contributed by atoms with Gasteiger partial charge < -0.3 is 10.1 Å². The van der Waals surface area contributed by atoms with E-state index in [0.29, 0.717) is 30.0 Å². The molecule has 0 atom stereocenters. The lowest BCUT2D eigenvalue weighted by molar-refractivity contribution is -0.116. The molecular weight excluding hydrogens is 388 g/mol. The zero-order chi connectivity index (χ0) is 20.4. The number of hydrogen-bond donors (Lipinski definition) is 2. The molecule has 7 heteroatoms. The maximum absolute atomic E-state index is 12.7. The largest absolute Gasteiger partial charge is 0.457 e. The average Bonchev–Trinajstić information content (AvgIpc) is 2.69. The van der Waals surface area contributed by atoms with Gasteiger partial charge in [-0.15, -0.1) is 0 Å². The van der Waals surface area contributed by atoms with Crippen LogP contribution in [0, 0.1) is 6.92 Å². The Kier molecular flexibility index (Phi) is 4.98. The van der Waals surface area contributed by atoms with Gasteiger partial charge in [-0.3, -0.25) is 9.52 Å². The third-order valence-electron chi connectivity index (χ3n) is 4.61. The summed E-state index contributed by atoms with van der Waals surface area (Å²) < 4.78 is 33.8. The highest BCUT2D eigenvalue weighted by Gasteiger charge is 2.20. The summed E-state index contributed by atoms with van der Waals surface area (Å²) >= 11 is 0. The predicted molar refractivity (Wildman–Crippen MR) is 112 cm³/mol. The summed E-state index contributed by atoms with van der Waals surface area (Å²) in [6.45, 7) is 1.99. The van der Waals surface area contributed by atoms with Gasteiger partial charge in [0.05, 0.1) is 4.90 Å². The van der Waals surface area contributed by atoms with Crippen molar-refractivity contribution in [2.24, 2.45) is 0 Å². The molecule has 1 heterocycles. The summed E-state index contributed by atoms with van der Waals surface area (Å²) in [4.78, 5) is 11.6. The van der Waals surface area contributed by atoms with Crippen LogP contribution >= 0.6 is 0 Å². The third kappa shape index (κ3) is 4.41. The van der Waals surface area contributed by atoms with Crippen molar-refractivity contribution in [1.82, 2.24) is 0 Å². The maximum Gasteiger partial charge on any atom is 0.261 e. The van der Waals surface area contributed by atoms with Crippen molar-refractivity contribution in [3.63, 3.8) is 0 Å². The first-order chi connectivity index (χ1) is 13.9. The molecule has 0 bridgehead atoms. The Morgan fingerprint density at radius 2 is 1.72 bits per heavy atom. The third-order valence-corrected chi connectivity index (χ3v) is 5.99. The van der Waals surface area contributed by atoms with Crippen molar-refractivity contribution in [3.8, 4) is 11.5 Å². The molecule has 0 radical (unpaired) electrons. The lowest BCUT2D eigenvalue weighted by atomic mass is 10.0. The molecule has 0 aromatic heterocycles. The summed E-state index contributed by atoms with van der Waals surface area (Å²) in [7, 11) is -3.74. The Labute approximate surface area is 169 Å². The van der Waals surface area contributed by atoms with Crippen LogP contribution in [-0.2, 0) is 21.2 Å². The second-order valence-electron chi connectivity index (χ2n) is 6.92. The SMILES string of the molecule is Cc1cccc(Oc2ccc(NS(=O)(=O)c3ccc4c(c3)CCC(=O)N4)cc2)c1. The van der Waals surface area contributed by atoms with Gasteiger partial charge in [0.15, 0.2) is 0 Å². The Morgan fingerprint density at radius 1 is 0.931 bits per heavy atom. The molecule has 6 nitrogen and oxygen atoms in total. The molecule has 3 aromatic rings. The number of aryl methyl sites for hydroxylation is 2. The van der Waals surface area contributed by atoms with E-state index in [2.05, 4.69) is 10.0 Å². The number of anilines is 2. The molecule has 29 heavy (non-hydrogen) atoms. The summed E-state index contributed by atoms with van der Waals surface area (Å²) in [5, 5.41) is 2.75. The van der Waals surface area contributed by atoms with E-state index in [1.54, 1.807) is 36.4 Å². The van der Waals surface area contributed by atoms with E-state index in [1.807, 2.05) is 31.2 Å². The monoisotopic (exact) mass is 408 g/mol. The van der Waals surface area contributed by atoms with Crippen LogP contribution in [0.4, 0.5) is 11.4 Å². The fourth-order valence-corrected chi connectivity index (χ4v) is 4.26. The maximum atomic E-state index is 12.7. The van der Waals surface area contributed by atoms with Crippen molar-refractivity contribution in [2.45, 2.75) is 24.7 Å². The molecule has 1 aliphatic heterocycles. The number of benzene rings is 3. The number of hydrogen-bond acceptors (Lipinski definition) is 4. The molecule has 0 aliphatic carbocycles. The van der Waals surface area contributed by atoms with Crippen LogP contribution in [-0.4, -0.2) is 14.3 Å². The van der Waals surface area contributed by atoms with Crippen LogP contribution in [0.15, 0.2) is 71.6 Å². The minimum absolute atomic E-state index is 0.0563. The first-order valence-electron chi connectivity index (χ1n) is 9.19. The van der Waals surface area contributed by atoms with Crippen LogP contribution in [0.1, 0.15) is 17.5 Å². The highest BCUT2D eigenvalue weighted by molar-refractivity contribution is 7.92. The van der Waals surface area contributed by atoms with Gasteiger partial charge in [-0.25, -0.2) is 8.42 Å². The van der Waals surface area contributed by atoms with E-state index < -0.39 is 10.0 Å². The van der Waals surface area contributed by atoms with Gasteiger partial charge in [-0.2, -0.15) is 0 Å². The van der Waals surface area contributed by atoms with Crippen molar-refractivity contribution in [1.29, 1.82) is 0 Å². The molecule has 148 valence electrons. The first-order valence-corrected chi connectivity index (χ1v) is 10.7. The number of carbonyl (C=O) groups is 1. The molecule has 4 rings (SSSR count). The van der Waals surface area contributed by atoms with E-state index in [4.69, 9.17) is 4.74 Å². The molecule has 0 fully saturated rings. The van der Waals surface area contributed by atoms with E-state index in [1.165, 1.54) is 6.07 Å². The second-order valence-corrected chi connectivity index (χ2v) is 8.60. The number of carbonyl (C=O) groups excluding carboxylic acids is 1. The van der Waals surface area contributed by atoms with E-state index in [0.717, 1.165) is 16.9 Å². The van der Waals surface area contributed by atoms with Crippen LogP contribution in [0.2, 0.25) is 0 Å². The van der Waals surface area contributed by atoms with E-state index in [9.17, 15) is 13.2 Å². The van der Waals surface area contributed by atoms with Crippen molar-refractivity contribution >= 4 is 27.3 Å². The van der Waals surface area contributed by atoms with Gasteiger partial charge in [-0.1, -0.05) is 12.1 Å². The Bertz CT molecular complexity index is 1170. The van der Waals surface area contributed by atoms with Gasteiger partial charge in [0.25, 0.3) is 10.0 Å². The smallest absolute Gasteiger partial charge is 0.261 e. The lowest BCUT2D eigenvalue weighted by Crippen LogP contribution is -2.20. The van der Waals surface area contributed by atoms with Crippen LogP contribution in [0.3, 0.4) is 0 Å². The molecule has 2 N–H and O–H groups in total. The fourth-order valence-electron chi connectivity index (χ4n) is 3.15. The number of rotatable bonds is 5. The number of nitrogens with one attached hydrogen (secondary N) is 2. The molecule has 1 aliphatic rings. The number of ether oxygens (including phenoxy) is 1. The minimum Gasteiger partial charge on any atom is -0.457 e. The zero-order valence-electron chi connectivity index (χ0n) is 15.8. The number of fused-ring (bicyclic) bond motifs is 1. The Hall–Kier alpha value is -3.32. The summed E-state index contributed by atoms with van der Waals surface area (Å²) in [5.41, 5.74) is 3.01. The number of amides is 1. The molecule has 0 spiro atoms. The molecule has 0 unspecified atom stereocenters. The summed E-state index contributed by atoms with van der Waals surface area (Å²) in [6.07, 6.45) is 0.877.